The third-order valence-electron chi connectivity index (χ3n) is 4.95. The van der Waals surface area contributed by atoms with Crippen molar-refractivity contribution in [1.29, 1.82) is 0 Å². The maximum absolute atomic E-state index is 12.6. The Morgan fingerprint density at radius 1 is 1.15 bits per heavy atom. The molecule has 4 nitrogen and oxygen atoms in total. The van der Waals surface area contributed by atoms with E-state index >= 15 is 0 Å². The second-order valence-electron chi connectivity index (χ2n) is 6.79. The number of nitrogens with zero attached hydrogens (tertiary/aromatic N) is 2. The van der Waals surface area contributed by atoms with Gasteiger partial charge in [0.2, 0.25) is 5.91 Å². The van der Waals surface area contributed by atoms with E-state index in [0.717, 1.165) is 40.5 Å². The number of aryl methyl sites for hydroxylation is 1. The zero-order valence-corrected chi connectivity index (χ0v) is 16.6. The molecule has 0 bridgehead atoms. The number of carbonyl (C=O) groups is 1. The molecule has 1 aliphatic heterocycles. The van der Waals surface area contributed by atoms with Gasteiger partial charge >= 0.3 is 0 Å². The first-order chi connectivity index (χ1) is 13.2. The summed E-state index contributed by atoms with van der Waals surface area (Å²) in [5.41, 5.74) is 2.04. The maximum Gasteiger partial charge on any atom is 0.223 e. The van der Waals surface area contributed by atoms with Gasteiger partial charge in [0.15, 0.2) is 0 Å². The van der Waals surface area contributed by atoms with Crippen LogP contribution in [0.5, 0.6) is 5.75 Å². The molecule has 0 radical (unpaired) electrons. The average Bonchev–Trinajstić information content (AvgIpc) is 3.16. The molecule has 0 saturated carbocycles. The molecule has 2 heterocycles. The number of ether oxygens (including phenoxy) is 1. The van der Waals surface area contributed by atoms with Crippen molar-refractivity contribution in [2.45, 2.75) is 25.4 Å². The highest BCUT2D eigenvalue weighted by Gasteiger charge is 2.27. The van der Waals surface area contributed by atoms with E-state index in [-0.39, 0.29) is 12.0 Å². The lowest BCUT2D eigenvalue weighted by molar-refractivity contribution is -0.130. The van der Waals surface area contributed by atoms with Gasteiger partial charge < -0.3 is 9.64 Å². The van der Waals surface area contributed by atoms with Crippen LogP contribution in [-0.4, -0.2) is 35.0 Å². The Labute approximate surface area is 167 Å². The highest BCUT2D eigenvalue weighted by molar-refractivity contribution is 9.10. The Balaban J connectivity index is 1.35. The normalized spacial score (nSPS) is 16.6. The molecule has 4 rings (SSSR count). The molecule has 1 atom stereocenters. The van der Waals surface area contributed by atoms with Crippen LogP contribution in [0.1, 0.15) is 18.4 Å². The standard InChI is InChI=1S/C22H21BrN2O2/c23-19-8-2-1-5-16(19)10-11-21(26)25-14-12-18(15-25)27-20-9-3-6-17-7-4-13-24-22(17)20/h1-9,13,18H,10-12,14-15H2. The monoisotopic (exact) mass is 424 g/mol. The first-order valence-electron chi connectivity index (χ1n) is 9.22. The molecule has 138 valence electrons. The van der Waals surface area contributed by atoms with Crippen molar-refractivity contribution < 1.29 is 9.53 Å². The number of hydrogen-bond acceptors (Lipinski definition) is 3. The molecule has 1 fully saturated rings. The topological polar surface area (TPSA) is 42.4 Å². The molecular formula is C22H21BrN2O2. The Hall–Kier alpha value is -2.40. The molecule has 1 unspecified atom stereocenters. The number of pyridine rings is 1. The van der Waals surface area contributed by atoms with Crippen LogP contribution >= 0.6 is 15.9 Å². The molecule has 2 aromatic carbocycles. The van der Waals surface area contributed by atoms with Gasteiger partial charge in [-0.05, 0) is 30.2 Å². The van der Waals surface area contributed by atoms with Crippen LogP contribution in [0, 0.1) is 0 Å². The highest BCUT2D eigenvalue weighted by atomic mass is 79.9. The number of halogens is 1. The van der Waals surface area contributed by atoms with Gasteiger partial charge in [-0.2, -0.15) is 0 Å². The van der Waals surface area contributed by atoms with Crippen molar-refractivity contribution in [3.63, 3.8) is 0 Å². The zero-order chi connectivity index (χ0) is 18.6. The van der Waals surface area contributed by atoms with Gasteiger partial charge in [-0.25, -0.2) is 0 Å². The molecule has 27 heavy (non-hydrogen) atoms. The van der Waals surface area contributed by atoms with Gasteiger partial charge in [0.1, 0.15) is 17.4 Å². The van der Waals surface area contributed by atoms with E-state index in [1.54, 1.807) is 6.20 Å². The van der Waals surface area contributed by atoms with Gasteiger partial charge in [0.05, 0.1) is 6.54 Å². The number of fused-ring (bicyclic) bond motifs is 1. The van der Waals surface area contributed by atoms with Gasteiger partial charge in [0.25, 0.3) is 0 Å². The van der Waals surface area contributed by atoms with E-state index in [0.29, 0.717) is 13.0 Å². The molecule has 1 saturated heterocycles. The highest BCUT2D eigenvalue weighted by Crippen LogP contribution is 2.26. The minimum Gasteiger partial charge on any atom is -0.486 e. The number of carbonyl (C=O) groups excluding carboxylic acids is 1. The van der Waals surface area contributed by atoms with Crippen LogP contribution in [0.3, 0.4) is 0 Å². The Morgan fingerprint density at radius 2 is 2.00 bits per heavy atom. The number of aromatic nitrogens is 1. The quantitative estimate of drug-likeness (QED) is 0.600. The molecule has 1 aromatic heterocycles. The zero-order valence-electron chi connectivity index (χ0n) is 15.0. The lowest BCUT2D eigenvalue weighted by Crippen LogP contribution is -2.31. The molecule has 0 aliphatic carbocycles. The molecule has 1 aliphatic rings. The molecule has 3 aromatic rings. The van der Waals surface area contributed by atoms with E-state index in [1.807, 2.05) is 53.4 Å². The van der Waals surface area contributed by atoms with Crippen molar-refractivity contribution in [2.24, 2.45) is 0 Å². The Morgan fingerprint density at radius 3 is 2.89 bits per heavy atom. The summed E-state index contributed by atoms with van der Waals surface area (Å²) in [5, 5.41) is 1.06. The smallest absolute Gasteiger partial charge is 0.223 e. The van der Waals surface area contributed by atoms with E-state index in [4.69, 9.17) is 4.74 Å². The fourth-order valence-corrected chi connectivity index (χ4v) is 3.99. The number of likely N-dealkylation sites (tertiary alicyclic amines) is 1. The predicted octanol–water partition coefficient (Wildman–Crippen LogP) is 4.61. The third-order valence-corrected chi connectivity index (χ3v) is 5.73. The van der Waals surface area contributed by atoms with Gasteiger partial charge in [-0.3, -0.25) is 9.78 Å². The van der Waals surface area contributed by atoms with Crippen molar-refractivity contribution in [3.8, 4) is 5.75 Å². The van der Waals surface area contributed by atoms with Crippen LogP contribution in [0.2, 0.25) is 0 Å². The van der Waals surface area contributed by atoms with Crippen molar-refractivity contribution in [1.82, 2.24) is 9.88 Å². The van der Waals surface area contributed by atoms with Gasteiger partial charge in [0, 0.05) is 35.4 Å². The van der Waals surface area contributed by atoms with E-state index < -0.39 is 0 Å². The van der Waals surface area contributed by atoms with E-state index in [9.17, 15) is 4.79 Å². The Bertz CT molecular complexity index is 954. The summed E-state index contributed by atoms with van der Waals surface area (Å²) in [4.78, 5) is 18.9. The Kier molecular flexibility index (Phi) is 5.39. The minimum atomic E-state index is 0.0185. The first-order valence-corrected chi connectivity index (χ1v) is 10.0. The predicted molar refractivity (Wildman–Crippen MR) is 110 cm³/mol. The van der Waals surface area contributed by atoms with Crippen molar-refractivity contribution in [3.05, 3.63) is 70.8 Å². The maximum atomic E-state index is 12.6. The largest absolute Gasteiger partial charge is 0.486 e. The summed E-state index contributed by atoms with van der Waals surface area (Å²) in [6.45, 7) is 1.38. The van der Waals surface area contributed by atoms with Gasteiger partial charge in [-0.1, -0.05) is 52.3 Å². The van der Waals surface area contributed by atoms with Crippen LogP contribution in [0.25, 0.3) is 10.9 Å². The lowest BCUT2D eigenvalue weighted by Gasteiger charge is -2.18. The lowest BCUT2D eigenvalue weighted by atomic mass is 10.1. The molecule has 5 heteroatoms. The number of hydrogen-bond donors (Lipinski definition) is 0. The molecule has 1 amide bonds. The second-order valence-corrected chi connectivity index (χ2v) is 7.65. The van der Waals surface area contributed by atoms with Crippen LogP contribution < -0.4 is 4.74 Å². The first kappa shape index (κ1) is 18.0. The number of rotatable bonds is 5. The fourth-order valence-electron chi connectivity index (χ4n) is 3.50. The second kappa shape index (κ2) is 8.09. The fraction of sp³-hybridized carbons (Fsp3) is 0.273. The summed E-state index contributed by atoms with van der Waals surface area (Å²) in [6, 6.07) is 18.0. The number of benzene rings is 2. The van der Waals surface area contributed by atoms with Crippen molar-refractivity contribution >= 4 is 32.7 Å². The average molecular weight is 425 g/mol. The van der Waals surface area contributed by atoms with Crippen molar-refractivity contribution in [2.75, 3.05) is 13.1 Å². The molecule has 0 N–H and O–H groups in total. The summed E-state index contributed by atoms with van der Waals surface area (Å²) in [6.07, 6.45) is 3.91. The SMILES string of the molecule is O=C(CCc1ccccc1Br)N1CCC(Oc2cccc3cccnc23)C1. The van der Waals surface area contributed by atoms with Gasteiger partial charge in [-0.15, -0.1) is 0 Å². The summed E-state index contributed by atoms with van der Waals surface area (Å²) >= 11 is 3.55. The summed E-state index contributed by atoms with van der Waals surface area (Å²) < 4.78 is 7.25. The van der Waals surface area contributed by atoms with E-state index in [2.05, 4.69) is 27.0 Å². The minimum absolute atomic E-state index is 0.0185. The van der Waals surface area contributed by atoms with Crippen LogP contribution in [0.4, 0.5) is 0 Å². The molecule has 0 spiro atoms. The number of para-hydroxylation sites is 1. The third kappa shape index (κ3) is 4.14. The van der Waals surface area contributed by atoms with Crippen LogP contribution in [-0.2, 0) is 11.2 Å². The summed E-state index contributed by atoms with van der Waals surface area (Å²) in [7, 11) is 0. The van der Waals surface area contributed by atoms with Crippen LogP contribution in [0.15, 0.2) is 65.3 Å². The number of amides is 1. The molecular weight excluding hydrogens is 404 g/mol. The van der Waals surface area contributed by atoms with E-state index in [1.165, 1.54) is 5.56 Å². The summed E-state index contributed by atoms with van der Waals surface area (Å²) in [5.74, 6) is 0.980.